The zero-order valence-electron chi connectivity index (χ0n) is 12.9. The molecule has 1 aliphatic rings. The summed E-state index contributed by atoms with van der Waals surface area (Å²) in [5.74, 6) is 0.895. The maximum absolute atomic E-state index is 12.4. The van der Waals surface area contributed by atoms with Crippen LogP contribution in [0.25, 0.3) is 11.1 Å². The van der Waals surface area contributed by atoms with E-state index in [-0.39, 0.29) is 5.91 Å². The molecule has 0 fully saturated rings. The van der Waals surface area contributed by atoms with Gasteiger partial charge in [-0.25, -0.2) is 4.98 Å². The fourth-order valence-corrected chi connectivity index (χ4v) is 3.15. The summed E-state index contributed by atoms with van der Waals surface area (Å²) < 4.78 is 5.70. The number of benzene rings is 2. The number of carbonyl (C=O) groups is 1. The molecular formula is C19H18N2O2. The third-order valence-corrected chi connectivity index (χ3v) is 4.31. The van der Waals surface area contributed by atoms with Crippen molar-refractivity contribution in [2.24, 2.45) is 0 Å². The van der Waals surface area contributed by atoms with Gasteiger partial charge in [-0.05, 0) is 36.6 Å². The zero-order valence-corrected chi connectivity index (χ0v) is 12.9. The summed E-state index contributed by atoms with van der Waals surface area (Å²) in [7, 11) is 0. The molecule has 1 aromatic heterocycles. The largest absolute Gasteiger partial charge is 0.441 e. The van der Waals surface area contributed by atoms with E-state index in [2.05, 4.69) is 11.1 Å². The van der Waals surface area contributed by atoms with Crippen molar-refractivity contribution in [2.75, 3.05) is 11.4 Å². The van der Waals surface area contributed by atoms with Crippen LogP contribution in [0.4, 0.5) is 5.69 Å². The Kier molecular flexibility index (Phi) is 3.58. The molecule has 4 rings (SSSR count). The number of carbonyl (C=O) groups excluding carboxylic acids is 1. The van der Waals surface area contributed by atoms with Crippen LogP contribution in [0.5, 0.6) is 0 Å². The van der Waals surface area contributed by atoms with Crippen LogP contribution in [-0.2, 0) is 17.6 Å². The van der Waals surface area contributed by atoms with Crippen LogP contribution in [0, 0.1) is 0 Å². The van der Waals surface area contributed by atoms with E-state index in [1.54, 1.807) is 0 Å². The second kappa shape index (κ2) is 5.88. The Morgan fingerprint density at radius 3 is 2.87 bits per heavy atom. The first-order valence-electron chi connectivity index (χ1n) is 8.04. The molecule has 0 atom stereocenters. The zero-order chi connectivity index (χ0) is 15.6. The Morgan fingerprint density at radius 1 is 1.13 bits per heavy atom. The first-order chi connectivity index (χ1) is 11.3. The van der Waals surface area contributed by atoms with E-state index in [9.17, 15) is 4.79 Å². The van der Waals surface area contributed by atoms with E-state index >= 15 is 0 Å². The second-order valence-corrected chi connectivity index (χ2v) is 5.85. The van der Waals surface area contributed by atoms with Crippen LogP contribution >= 0.6 is 0 Å². The summed E-state index contributed by atoms with van der Waals surface area (Å²) in [5, 5.41) is 0. The molecule has 4 nitrogen and oxygen atoms in total. The van der Waals surface area contributed by atoms with Crippen molar-refractivity contribution in [2.45, 2.75) is 25.7 Å². The lowest BCUT2D eigenvalue weighted by atomic mass is 10.2. The summed E-state index contributed by atoms with van der Waals surface area (Å²) in [4.78, 5) is 18.8. The number of amides is 1. The average molecular weight is 306 g/mol. The summed E-state index contributed by atoms with van der Waals surface area (Å²) >= 11 is 0. The maximum atomic E-state index is 12.4. The van der Waals surface area contributed by atoms with Gasteiger partial charge in [-0.2, -0.15) is 0 Å². The first-order valence-corrected chi connectivity index (χ1v) is 8.04. The third kappa shape index (κ3) is 2.72. The highest BCUT2D eigenvalue weighted by atomic mass is 16.3. The standard InChI is InChI=1S/C19H18N2O2/c22-19(21-13-12-14-6-1-3-8-16(14)21)11-5-10-18-20-15-7-2-4-9-17(15)23-18/h1-4,6-9H,5,10-13H2. The van der Waals surface area contributed by atoms with Crippen LogP contribution in [0.15, 0.2) is 52.9 Å². The number of hydrogen-bond donors (Lipinski definition) is 0. The average Bonchev–Trinajstić information content (AvgIpc) is 3.18. The lowest BCUT2D eigenvalue weighted by molar-refractivity contribution is -0.118. The summed E-state index contributed by atoms with van der Waals surface area (Å²) in [6.45, 7) is 0.793. The number of fused-ring (bicyclic) bond motifs is 2. The molecule has 0 N–H and O–H groups in total. The van der Waals surface area contributed by atoms with E-state index in [4.69, 9.17) is 4.42 Å². The van der Waals surface area contributed by atoms with Crippen molar-refractivity contribution in [1.29, 1.82) is 0 Å². The van der Waals surface area contributed by atoms with Crippen LogP contribution < -0.4 is 4.90 Å². The van der Waals surface area contributed by atoms with Gasteiger partial charge in [0.15, 0.2) is 11.5 Å². The van der Waals surface area contributed by atoms with Crippen molar-refractivity contribution in [3.8, 4) is 0 Å². The summed E-state index contributed by atoms with van der Waals surface area (Å²) in [5.41, 5.74) is 4.02. The molecule has 2 aromatic carbocycles. The van der Waals surface area contributed by atoms with E-state index in [1.165, 1.54) is 5.56 Å². The van der Waals surface area contributed by atoms with E-state index in [0.717, 1.165) is 36.2 Å². The molecular weight excluding hydrogens is 288 g/mol. The number of anilines is 1. The number of oxazole rings is 1. The molecule has 3 aromatic rings. The predicted octanol–water partition coefficient (Wildman–Crippen LogP) is 3.74. The van der Waals surface area contributed by atoms with Gasteiger partial charge in [-0.3, -0.25) is 4.79 Å². The number of rotatable bonds is 4. The molecule has 116 valence electrons. The maximum Gasteiger partial charge on any atom is 0.227 e. The highest BCUT2D eigenvalue weighted by Crippen LogP contribution is 2.28. The van der Waals surface area contributed by atoms with Crippen LogP contribution in [0.2, 0.25) is 0 Å². The Balaban J connectivity index is 1.37. The van der Waals surface area contributed by atoms with Gasteiger partial charge in [0.2, 0.25) is 5.91 Å². The van der Waals surface area contributed by atoms with Crippen molar-refractivity contribution < 1.29 is 9.21 Å². The van der Waals surface area contributed by atoms with E-state index in [0.29, 0.717) is 18.7 Å². The fourth-order valence-electron chi connectivity index (χ4n) is 3.15. The van der Waals surface area contributed by atoms with Gasteiger partial charge in [0.25, 0.3) is 0 Å². The highest BCUT2D eigenvalue weighted by molar-refractivity contribution is 5.95. The minimum atomic E-state index is 0.186. The van der Waals surface area contributed by atoms with Crippen molar-refractivity contribution in [1.82, 2.24) is 4.98 Å². The summed E-state index contributed by atoms with van der Waals surface area (Å²) in [6.07, 6.45) is 2.92. The van der Waals surface area contributed by atoms with Gasteiger partial charge in [0.05, 0.1) is 0 Å². The van der Waals surface area contributed by atoms with Gasteiger partial charge in [0, 0.05) is 25.1 Å². The van der Waals surface area contributed by atoms with Gasteiger partial charge in [-0.15, -0.1) is 0 Å². The molecule has 0 unspecified atom stereocenters. The second-order valence-electron chi connectivity index (χ2n) is 5.85. The van der Waals surface area contributed by atoms with Crippen LogP contribution in [0.3, 0.4) is 0 Å². The lowest BCUT2D eigenvalue weighted by Crippen LogP contribution is -2.28. The minimum Gasteiger partial charge on any atom is -0.441 e. The Bertz CT molecular complexity index is 820. The molecule has 0 saturated carbocycles. The number of aromatic nitrogens is 1. The number of hydrogen-bond acceptors (Lipinski definition) is 3. The normalized spacial score (nSPS) is 13.5. The van der Waals surface area contributed by atoms with Gasteiger partial charge in [0.1, 0.15) is 5.52 Å². The molecule has 0 radical (unpaired) electrons. The van der Waals surface area contributed by atoms with Crippen molar-refractivity contribution >= 4 is 22.7 Å². The van der Waals surface area contributed by atoms with Crippen LogP contribution in [0.1, 0.15) is 24.3 Å². The van der Waals surface area contributed by atoms with Gasteiger partial charge < -0.3 is 9.32 Å². The number of nitrogens with zero attached hydrogens (tertiary/aromatic N) is 2. The number of para-hydroxylation sites is 3. The van der Waals surface area contributed by atoms with E-state index < -0.39 is 0 Å². The quantitative estimate of drug-likeness (QED) is 0.737. The van der Waals surface area contributed by atoms with Crippen molar-refractivity contribution in [3.63, 3.8) is 0 Å². The van der Waals surface area contributed by atoms with Gasteiger partial charge >= 0.3 is 0 Å². The Morgan fingerprint density at radius 2 is 1.96 bits per heavy atom. The summed E-state index contributed by atoms with van der Waals surface area (Å²) in [6, 6.07) is 15.9. The van der Waals surface area contributed by atoms with Gasteiger partial charge in [-0.1, -0.05) is 30.3 Å². The minimum absolute atomic E-state index is 0.186. The van der Waals surface area contributed by atoms with Crippen molar-refractivity contribution in [3.05, 3.63) is 60.0 Å². The molecule has 1 aliphatic heterocycles. The molecule has 0 bridgehead atoms. The lowest BCUT2D eigenvalue weighted by Gasteiger charge is -2.16. The van der Waals surface area contributed by atoms with Crippen LogP contribution in [-0.4, -0.2) is 17.4 Å². The first kappa shape index (κ1) is 14.0. The molecule has 0 saturated heterocycles. The number of aryl methyl sites for hydroxylation is 1. The predicted molar refractivity (Wildman–Crippen MR) is 89.4 cm³/mol. The highest BCUT2D eigenvalue weighted by Gasteiger charge is 2.23. The monoisotopic (exact) mass is 306 g/mol. The molecule has 0 aliphatic carbocycles. The van der Waals surface area contributed by atoms with E-state index in [1.807, 2.05) is 47.4 Å². The Labute approximate surface area is 134 Å². The molecule has 2 heterocycles. The smallest absolute Gasteiger partial charge is 0.227 e. The Hall–Kier alpha value is -2.62. The molecule has 23 heavy (non-hydrogen) atoms. The SMILES string of the molecule is O=C(CCCc1nc2ccccc2o1)N1CCc2ccccc21. The fraction of sp³-hybridized carbons (Fsp3) is 0.263. The topological polar surface area (TPSA) is 46.3 Å². The molecule has 4 heteroatoms. The molecule has 1 amide bonds. The third-order valence-electron chi connectivity index (χ3n) is 4.31. The molecule has 0 spiro atoms.